The van der Waals surface area contributed by atoms with E-state index in [0.29, 0.717) is 22.9 Å². The number of ether oxygens (including phenoxy) is 1. The van der Waals surface area contributed by atoms with Crippen LogP contribution in [0.15, 0.2) is 34.1 Å². The molecule has 1 aromatic heterocycles. The largest absolute Gasteiger partial charge is 0.488 e. The molecular weight excluding hydrogens is 322 g/mol. The van der Waals surface area contributed by atoms with Crippen LogP contribution >= 0.6 is 38.9 Å². The fraction of sp³-hybridized carbons (Fsp3) is 0.0833. The van der Waals surface area contributed by atoms with Gasteiger partial charge in [-0.2, -0.15) is 5.26 Å². The molecule has 0 atom stereocenters. The Morgan fingerprint density at radius 1 is 1.41 bits per heavy atom. The van der Waals surface area contributed by atoms with Gasteiger partial charge in [-0.1, -0.05) is 11.6 Å². The zero-order chi connectivity index (χ0) is 12.3. The highest BCUT2D eigenvalue weighted by Gasteiger charge is 2.04. The lowest BCUT2D eigenvalue weighted by Gasteiger charge is -2.06. The topological polar surface area (TPSA) is 33.0 Å². The van der Waals surface area contributed by atoms with E-state index in [9.17, 15) is 0 Å². The van der Waals surface area contributed by atoms with Crippen LogP contribution in [-0.4, -0.2) is 0 Å². The van der Waals surface area contributed by atoms with Gasteiger partial charge in [-0.25, -0.2) is 0 Å². The molecular formula is C12H7BrClNOS. The molecule has 0 amide bonds. The summed E-state index contributed by atoms with van der Waals surface area (Å²) in [7, 11) is 0. The fourth-order valence-corrected chi connectivity index (χ4v) is 2.84. The lowest BCUT2D eigenvalue weighted by atomic mass is 10.2. The molecule has 2 aromatic rings. The number of nitriles is 1. The average molecular weight is 329 g/mol. The summed E-state index contributed by atoms with van der Waals surface area (Å²) in [4.78, 5) is 1.12. The predicted octanol–water partition coefficient (Wildman–Crippen LogP) is 4.61. The summed E-state index contributed by atoms with van der Waals surface area (Å²) in [5.41, 5.74) is 0.455. The molecule has 0 spiro atoms. The lowest BCUT2D eigenvalue weighted by molar-refractivity contribution is 0.309. The highest BCUT2D eigenvalue weighted by molar-refractivity contribution is 9.10. The quantitative estimate of drug-likeness (QED) is 0.824. The molecule has 0 radical (unpaired) electrons. The number of nitrogens with zero attached hydrogens (tertiary/aromatic N) is 1. The van der Waals surface area contributed by atoms with E-state index in [1.165, 1.54) is 0 Å². The van der Waals surface area contributed by atoms with Crippen molar-refractivity contribution in [3.63, 3.8) is 0 Å². The van der Waals surface area contributed by atoms with E-state index >= 15 is 0 Å². The van der Waals surface area contributed by atoms with Gasteiger partial charge in [0.25, 0.3) is 0 Å². The van der Waals surface area contributed by atoms with Gasteiger partial charge < -0.3 is 4.74 Å². The van der Waals surface area contributed by atoms with Crippen LogP contribution in [0.5, 0.6) is 5.75 Å². The highest BCUT2D eigenvalue weighted by atomic mass is 79.9. The summed E-state index contributed by atoms with van der Waals surface area (Å²) in [6.45, 7) is 0.487. The molecule has 2 nitrogen and oxygen atoms in total. The summed E-state index contributed by atoms with van der Waals surface area (Å²) in [6.07, 6.45) is 0. The van der Waals surface area contributed by atoms with Crippen molar-refractivity contribution in [2.45, 2.75) is 6.61 Å². The number of hydrogen-bond acceptors (Lipinski definition) is 3. The molecule has 5 heteroatoms. The van der Waals surface area contributed by atoms with E-state index in [0.717, 1.165) is 9.35 Å². The number of benzene rings is 1. The first kappa shape index (κ1) is 12.4. The van der Waals surface area contributed by atoms with Gasteiger partial charge in [-0.3, -0.25) is 0 Å². The number of hydrogen-bond donors (Lipinski definition) is 0. The van der Waals surface area contributed by atoms with Crippen molar-refractivity contribution in [1.29, 1.82) is 5.26 Å². The number of rotatable bonds is 3. The Balaban J connectivity index is 2.08. The van der Waals surface area contributed by atoms with E-state index in [4.69, 9.17) is 21.6 Å². The second kappa shape index (κ2) is 5.54. The van der Waals surface area contributed by atoms with E-state index in [-0.39, 0.29) is 0 Å². The minimum atomic E-state index is 0.412. The Labute approximate surface area is 117 Å². The molecule has 2 rings (SSSR count). The maximum atomic E-state index is 8.75. The first-order valence-electron chi connectivity index (χ1n) is 4.75. The summed E-state index contributed by atoms with van der Waals surface area (Å²) in [5.74, 6) is 0.661. The van der Waals surface area contributed by atoms with Crippen LogP contribution < -0.4 is 4.74 Å². The van der Waals surface area contributed by atoms with Crippen molar-refractivity contribution in [2.24, 2.45) is 0 Å². The third-order valence-corrected chi connectivity index (χ3v) is 4.33. The minimum absolute atomic E-state index is 0.412. The maximum Gasteiger partial charge on any atom is 0.124 e. The fourth-order valence-electron chi connectivity index (χ4n) is 1.25. The second-order valence-electron chi connectivity index (χ2n) is 3.23. The highest BCUT2D eigenvalue weighted by Crippen LogP contribution is 2.26. The predicted molar refractivity (Wildman–Crippen MR) is 72.5 cm³/mol. The third-order valence-electron chi connectivity index (χ3n) is 2.12. The van der Waals surface area contributed by atoms with Gasteiger partial charge in [0.05, 0.1) is 15.5 Å². The summed E-state index contributed by atoms with van der Waals surface area (Å²) in [5, 5.41) is 11.2. The molecule has 0 N–H and O–H groups in total. The second-order valence-corrected chi connectivity index (χ2v) is 5.50. The van der Waals surface area contributed by atoms with Crippen LogP contribution in [-0.2, 0) is 6.61 Å². The van der Waals surface area contributed by atoms with Crippen molar-refractivity contribution in [3.8, 4) is 11.8 Å². The van der Waals surface area contributed by atoms with Gasteiger partial charge in [-0.15, -0.1) is 11.3 Å². The van der Waals surface area contributed by atoms with Crippen LogP contribution in [0.1, 0.15) is 10.4 Å². The van der Waals surface area contributed by atoms with E-state index in [1.54, 1.807) is 29.5 Å². The van der Waals surface area contributed by atoms with Crippen molar-refractivity contribution in [3.05, 3.63) is 49.6 Å². The molecule has 86 valence electrons. The first-order valence-corrected chi connectivity index (χ1v) is 6.80. The van der Waals surface area contributed by atoms with Crippen LogP contribution in [0.3, 0.4) is 0 Å². The van der Waals surface area contributed by atoms with E-state index in [2.05, 4.69) is 15.9 Å². The van der Waals surface area contributed by atoms with Gasteiger partial charge in [0.1, 0.15) is 18.4 Å². The molecule has 1 heterocycles. The van der Waals surface area contributed by atoms with Crippen LogP contribution in [0.25, 0.3) is 0 Å². The molecule has 0 aliphatic heterocycles. The Morgan fingerprint density at radius 3 is 2.82 bits per heavy atom. The monoisotopic (exact) mass is 327 g/mol. The Bertz CT molecular complexity index is 576. The van der Waals surface area contributed by atoms with Gasteiger partial charge in [0.15, 0.2) is 0 Å². The molecule has 1 aromatic carbocycles. The molecule has 0 fully saturated rings. The molecule has 0 saturated carbocycles. The van der Waals surface area contributed by atoms with E-state index < -0.39 is 0 Å². The van der Waals surface area contributed by atoms with Gasteiger partial charge in [-0.05, 0) is 39.5 Å². The zero-order valence-electron chi connectivity index (χ0n) is 8.61. The number of thiophene rings is 1. The van der Waals surface area contributed by atoms with Crippen molar-refractivity contribution in [2.75, 3.05) is 0 Å². The van der Waals surface area contributed by atoms with Gasteiger partial charge in [0, 0.05) is 10.5 Å². The molecule has 0 unspecified atom stereocenters. The average Bonchev–Trinajstić information content (AvgIpc) is 2.72. The van der Waals surface area contributed by atoms with Gasteiger partial charge in [0.2, 0.25) is 0 Å². The maximum absolute atomic E-state index is 8.75. The molecule has 0 aliphatic rings. The normalized spacial score (nSPS) is 9.94. The minimum Gasteiger partial charge on any atom is -0.488 e. The standard InChI is InChI=1S/C12H7BrClNOS/c13-10-3-4-17-12(10)7-16-9-2-1-8(6-15)11(14)5-9/h1-5H,7H2. The number of halogens is 2. The summed E-state index contributed by atoms with van der Waals surface area (Å²) in [6, 6.07) is 9.04. The van der Waals surface area contributed by atoms with Crippen molar-refractivity contribution >= 4 is 38.9 Å². The van der Waals surface area contributed by atoms with Crippen LogP contribution in [0.2, 0.25) is 5.02 Å². The summed E-state index contributed by atoms with van der Waals surface area (Å²) < 4.78 is 6.64. The Kier molecular flexibility index (Phi) is 4.06. The first-order chi connectivity index (χ1) is 8.20. The van der Waals surface area contributed by atoms with Crippen LogP contribution in [0.4, 0.5) is 0 Å². The Morgan fingerprint density at radius 2 is 2.24 bits per heavy atom. The smallest absolute Gasteiger partial charge is 0.124 e. The molecule has 0 bridgehead atoms. The Hall–Kier alpha value is -1.02. The summed E-state index contributed by atoms with van der Waals surface area (Å²) >= 11 is 11.0. The lowest BCUT2D eigenvalue weighted by Crippen LogP contribution is -1.93. The molecule has 17 heavy (non-hydrogen) atoms. The molecule has 0 aliphatic carbocycles. The van der Waals surface area contributed by atoms with Crippen molar-refractivity contribution < 1.29 is 4.74 Å². The van der Waals surface area contributed by atoms with Crippen LogP contribution in [0, 0.1) is 11.3 Å². The van der Waals surface area contributed by atoms with Crippen molar-refractivity contribution in [1.82, 2.24) is 0 Å². The molecule has 0 saturated heterocycles. The van der Waals surface area contributed by atoms with E-state index in [1.807, 2.05) is 17.5 Å². The SMILES string of the molecule is N#Cc1ccc(OCc2sccc2Br)cc1Cl. The zero-order valence-corrected chi connectivity index (χ0v) is 11.8. The third kappa shape index (κ3) is 3.01. The van der Waals surface area contributed by atoms with Gasteiger partial charge >= 0.3 is 0 Å².